The van der Waals surface area contributed by atoms with Crippen LogP contribution in [0.15, 0.2) is 66.7 Å². The van der Waals surface area contributed by atoms with Crippen molar-refractivity contribution in [3.05, 3.63) is 72.3 Å². The van der Waals surface area contributed by atoms with Gasteiger partial charge in [0, 0.05) is 31.0 Å². The first kappa shape index (κ1) is 14.0. The predicted octanol–water partition coefficient (Wildman–Crippen LogP) is 4.63. The Kier molecular flexibility index (Phi) is 2.28. The molecule has 3 aromatic rings. The third kappa shape index (κ3) is 1.38. The summed E-state index contributed by atoms with van der Waals surface area (Å²) in [4.78, 5) is 10.1. The van der Waals surface area contributed by atoms with Crippen LogP contribution in [-0.4, -0.2) is 26.4 Å². The van der Waals surface area contributed by atoms with Crippen molar-refractivity contribution in [1.82, 2.24) is 0 Å². The van der Waals surface area contributed by atoms with E-state index in [1.807, 2.05) is 0 Å². The second-order valence-electron chi connectivity index (χ2n) is 8.00. The Morgan fingerprint density at radius 3 is 1.41 bits per heavy atom. The van der Waals surface area contributed by atoms with Crippen molar-refractivity contribution < 1.29 is 0 Å². The first-order valence-corrected chi connectivity index (χ1v) is 9.62. The van der Waals surface area contributed by atoms with E-state index in [0.29, 0.717) is 18.2 Å². The third-order valence-electron chi connectivity index (χ3n) is 6.92. The molecular weight excluding hydrogens is 332 g/mol. The van der Waals surface area contributed by atoms with E-state index in [2.05, 4.69) is 100 Å². The number of anilines is 6. The molecule has 2 atom stereocenters. The quantitative estimate of drug-likeness (QED) is 0.585. The van der Waals surface area contributed by atoms with Gasteiger partial charge in [0.2, 0.25) is 0 Å². The van der Waals surface area contributed by atoms with E-state index in [-0.39, 0.29) is 0 Å². The fourth-order valence-electron chi connectivity index (χ4n) is 5.95. The number of likely N-dealkylation sites (N-methyl/N-ethyl adjacent to an activating group) is 2. The van der Waals surface area contributed by atoms with Crippen LogP contribution in [0, 0.1) is 0 Å². The molecule has 2 unspecified atom stereocenters. The molecule has 4 heterocycles. The molecule has 0 saturated heterocycles. The van der Waals surface area contributed by atoms with Gasteiger partial charge in [0.15, 0.2) is 0 Å². The maximum absolute atomic E-state index is 2.56. The number of hydrogen-bond donors (Lipinski definition) is 0. The van der Waals surface area contributed by atoms with Gasteiger partial charge in [0.1, 0.15) is 12.3 Å². The standard InChI is InChI=1S/C23H20N4/c1-24-14-8-3-5-10-16(14)26-18-12-7-13-19-20(18)21(22(24)26)23-25(2)15-9-4-6-11-17(15)27(19)23/h3-13,21-23H,1-2H3. The molecule has 0 spiro atoms. The molecule has 27 heavy (non-hydrogen) atoms. The first-order valence-electron chi connectivity index (χ1n) is 9.62. The lowest BCUT2D eigenvalue weighted by molar-refractivity contribution is 0.493. The Hall–Kier alpha value is -3.14. The second-order valence-corrected chi connectivity index (χ2v) is 8.00. The number of benzene rings is 3. The lowest BCUT2D eigenvalue weighted by atomic mass is 9.97. The van der Waals surface area contributed by atoms with Gasteiger partial charge < -0.3 is 19.6 Å². The number of rotatable bonds is 0. The van der Waals surface area contributed by atoms with Crippen LogP contribution in [-0.2, 0) is 0 Å². The van der Waals surface area contributed by atoms with Crippen LogP contribution in [0.1, 0.15) is 11.5 Å². The summed E-state index contributed by atoms with van der Waals surface area (Å²) < 4.78 is 0. The molecule has 0 aromatic heterocycles. The summed E-state index contributed by atoms with van der Waals surface area (Å²) in [6.07, 6.45) is 0.649. The Morgan fingerprint density at radius 2 is 0.926 bits per heavy atom. The molecular formula is C23H20N4. The van der Waals surface area contributed by atoms with E-state index in [0.717, 1.165) is 0 Å². The van der Waals surface area contributed by atoms with Crippen LogP contribution in [0.5, 0.6) is 0 Å². The summed E-state index contributed by atoms with van der Waals surface area (Å²) in [5.74, 6) is 0.422. The number of para-hydroxylation sites is 4. The molecule has 0 bridgehead atoms. The molecule has 4 nitrogen and oxygen atoms in total. The van der Waals surface area contributed by atoms with Gasteiger partial charge in [0.05, 0.1) is 28.7 Å². The van der Waals surface area contributed by atoms with E-state index in [9.17, 15) is 0 Å². The maximum Gasteiger partial charge on any atom is 0.117 e. The zero-order chi connectivity index (χ0) is 17.9. The monoisotopic (exact) mass is 352 g/mol. The van der Waals surface area contributed by atoms with Crippen LogP contribution >= 0.6 is 0 Å². The van der Waals surface area contributed by atoms with Gasteiger partial charge in [-0.25, -0.2) is 0 Å². The number of hydrogen-bond acceptors (Lipinski definition) is 4. The highest BCUT2D eigenvalue weighted by molar-refractivity contribution is 5.96. The molecule has 4 heteroatoms. The summed E-state index contributed by atoms with van der Waals surface area (Å²) in [5.41, 5.74) is 9.58. The van der Waals surface area contributed by atoms with Gasteiger partial charge in [-0.1, -0.05) is 30.3 Å². The SMILES string of the molecule is CN1c2ccccc2N2c3cccc4c3C(C12)C1N(C)c2ccccc2N41. The summed E-state index contributed by atoms with van der Waals surface area (Å²) >= 11 is 0. The number of fused-ring (bicyclic) bond motifs is 10. The largest absolute Gasteiger partial charge is 0.352 e. The van der Waals surface area contributed by atoms with Gasteiger partial charge in [-0.2, -0.15) is 0 Å². The van der Waals surface area contributed by atoms with E-state index in [1.165, 1.54) is 39.7 Å². The summed E-state index contributed by atoms with van der Waals surface area (Å²) in [6, 6.07) is 24.4. The topological polar surface area (TPSA) is 13.0 Å². The van der Waals surface area contributed by atoms with Crippen molar-refractivity contribution in [1.29, 1.82) is 0 Å². The molecule has 0 radical (unpaired) electrons. The van der Waals surface area contributed by atoms with Crippen molar-refractivity contribution in [2.75, 3.05) is 33.7 Å². The van der Waals surface area contributed by atoms with Crippen LogP contribution in [0.25, 0.3) is 0 Å². The van der Waals surface area contributed by atoms with Crippen LogP contribution in [0.4, 0.5) is 34.1 Å². The van der Waals surface area contributed by atoms with Gasteiger partial charge in [-0.15, -0.1) is 0 Å². The first-order chi connectivity index (χ1) is 13.3. The second kappa shape index (κ2) is 4.39. The molecule has 0 amide bonds. The molecule has 3 aromatic carbocycles. The zero-order valence-corrected chi connectivity index (χ0v) is 15.4. The Morgan fingerprint density at radius 1 is 0.519 bits per heavy atom. The molecule has 0 saturated carbocycles. The van der Waals surface area contributed by atoms with E-state index in [4.69, 9.17) is 0 Å². The van der Waals surface area contributed by atoms with Crippen molar-refractivity contribution in [2.24, 2.45) is 0 Å². The van der Waals surface area contributed by atoms with Gasteiger partial charge >= 0.3 is 0 Å². The minimum Gasteiger partial charge on any atom is -0.352 e. The molecule has 0 fully saturated rings. The highest BCUT2D eigenvalue weighted by Gasteiger charge is 2.59. The fourth-order valence-corrected chi connectivity index (χ4v) is 5.95. The van der Waals surface area contributed by atoms with Crippen LogP contribution in [0.2, 0.25) is 0 Å². The Labute approximate surface area is 158 Å². The van der Waals surface area contributed by atoms with Crippen molar-refractivity contribution in [2.45, 2.75) is 18.2 Å². The normalized spacial score (nSPS) is 25.5. The summed E-state index contributed by atoms with van der Waals surface area (Å²) in [6.45, 7) is 0. The predicted molar refractivity (Wildman–Crippen MR) is 111 cm³/mol. The van der Waals surface area contributed by atoms with Crippen LogP contribution in [0.3, 0.4) is 0 Å². The van der Waals surface area contributed by atoms with E-state index < -0.39 is 0 Å². The molecule has 0 N–H and O–H groups in total. The minimum absolute atomic E-state index is 0.324. The minimum atomic E-state index is 0.324. The average molecular weight is 352 g/mol. The summed E-state index contributed by atoms with van der Waals surface area (Å²) in [7, 11) is 4.50. The molecule has 0 aliphatic carbocycles. The van der Waals surface area contributed by atoms with E-state index >= 15 is 0 Å². The zero-order valence-electron chi connectivity index (χ0n) is 15.4. The molecule has 7 rings (SSSR count). The molecule has 4 aliphatic heterocycles. The lowest BCUT2D eigenvalue weighted by Gasteiger charge is -2.36. The lowest BCUT2D eigenvalue weighted by Crippen LogP contribution is -2.49. The Bertz CT molecular complexity index is 1040. The highest BCUT2D eigenvalue weighted by Crippen LogP contribution is 2.64. The highest BCUT2D eigenvalue weighted by atomic mass is 15.5. The van der Waals surface area contributed by atoms with Gasteiger partial charge in [-0.3, -0.25) is 0 Å². The molecule has 4 aliphatic rings. The fraction of sp³-hybridized carbons (Fsp3) is 0.217. The molecule has 132 valence electrons. The van der Waals surface area contributed by atoms with Gasteiger partial charge in [0.25, 0.3) is 0 Å². The van der Waals surface area contributed by atoms with Crippen molar-refractivity contribution in [3.8, 4) is 0 Å². The summed E-state index contributed by atoms with van der Waals surface area (Å²) in [5, 5.41) is 0. The van der Waals surface area contributed by atoms with Crippen molar-refractivity contribution >= 4 is 34.1 Å². The average Bonchev–Trinajstić information content (AvgIpc) is 3.39. The number of nitrogens with zero attached hydrogens (tertiary/aromatic N) is 4. The Balaban J connectivity index is 1.51. The van der Waals surface area contributed by atoms with Crippen LogP contribution < -0.4 is 19.6 Å². The third-order valence-corrected chi connectivity index (χ3v) is 6.92. The van der Waals surface area contributed by atoms with Gasteiger partial charge in [-0.05, 0) is 36.4 Å². The maximum atomic E-state index is 2.56. The van der Waals surface area contributed by atoms with Crippen molar-refractivity contribution in [3.63, 3.8) is 0 Å². The van der Waals surface area contributed by atoms with E-state index in [1.54, 1.807) is 0 Å². The smallest absolute Gasteiger partial charge is 0.117 e.